The van der Waals surface area contributed by atoms with Crippen LogP contribution in [0.1, 0.15) is 43.6 Å². The second kappa shape index (κ2) is 9.33. The zero-order valence-electron chi connectivity index (χ0n) is 20.7. The van der Waals surface area contributed by atoms with Crippen molar-refractivity contribution in [2.45, 2.75) is 38.8 Å². The number of fused-ring (bicyclic) bond motifs is 1. The fourth-order valence-corrected chi connectivity index (χ4v) is 4.46. The van der Waals surface area contributed by atoms with Crippen LogP contribution in [0.15, 0.2) is 54.7 Å². The number of nitrogens with one attached hydrogen (secondary N) is 1. The highest BCUT2D eigenvalue weighted by Crippen LogP contribution is 2.43. The molecule has 1 atom stereocenters. The standard InChI is InChI=1S/C27H33N3O4/c1-27(2,3)19-9-11-20(12-10-19)28-26(31)30-15-14-29-13-7-8-21(29)24(30)18-16-22(32-4)25(34-6)23(17-18)33-5/h7-13,16-17,24H,14-15H2,1-6H3,(H,28,31)/t24-/m1/s1. The maximum Gasteiger partial charge on any atom is 0.322 e. The minimum atomic E-state index is -0.314. The van der Waals surface area contributed by atoms with Gasteiger partial charge in [0.05, 0.1) is 27.4 Å². The van der Waals surface area contributed by atoms with E-state index in [2.05, 4.69) is 42.8 Å². The van der Waals surface area contributed by atoms with Crippen LogP contribution < -0.4 is 19.5 Å². The molecule has 4 rings (SSSR count). The molecule has 0 unspecified atom stereocenters. The fraction of sp³-hybridized carbons (Fsp3) is 0.370. The van der Waals surface area contributed by atoms with Crippen molar-refractivity contribution in [2.24, 2.45) is 0 Å². The molecule has 34 heavy (non-hydrogen) atoms. The number of nitrogens with zero attached hydrogens (tertiary/aromatic N) is 2. The van der Waals surface area contributed by atoms with E-state index >= 15 is 0 Å². The molecule has 0 radical (unpaired) electrons. The third-order valence-corrected chi connectivity index (χ3v) is 6.30. The van der Waals surface area contributed by atoms with Gasteiger partial charge in [-0.2, -0.15) is 0 Å². The average Bonchev–Trinajstić information content (AvgIpc) is 3.31. The first kappa shape index (κ1) is 23.5. The Morgan fingerprint density at radius 2 is 1.59 bits per heavy atom. The van der Waals surface area contributed by atoms with Gasteiger partial charge in [-0.15, -0.1) is 0 Å². The van der Waals surface area contributed by atoms with E-state index in [0.29, 0.717) is 23.8 Å². The molecule has 7 nitrogen and oxygen atoms in total. The number of rotatable bonds is 5. The number of hydrogen-bond acceptors (Lipinski definition) is 4. The molecule has 0 aliphatic carbocycles. The monoisotopic (exact) mass is 463 g/mol. The maximum absolute atomic E-state index is 13.5. The molecular formula is C27H33N3O4. The minimum Gasteiger partial charge on any atom is -0.493 e. The minimum absolute atomic E-state index is 0.0540. The van der Waals surface area contributed by atoms with Crippen molar-refractivity contribution >= 4 is 11.7 Å². The molecule has 1 aliphatic heterocycles. The summed E-state index contributed by atoms with van der Waals surface area (Å²) in [5.74, 6) is 1.63. The summed E-state index contributed by atoms with van der Waals surface area (Å²) >= 11 is 0. The fourth-order valence-electron chi connectivity index (χ4n) is 4.46. The summed E-state index contributed by atoms with van der Waals surface area (Å²) in [5, 5.41) is 3.08. The molecule has 180 valence electrons. The largest absolute Gasteiger partial charge is 0.493 e. The van der Waals surface area contributed by atoms with E-state index in [0.717, 1.165) is 23.5 Å². The zero-order valence-corrected chi connectivity index (χ0v) is 20.7. The predicted molar refractivity (Wildman–Crippen MR) is 133 cm³/mol. The number of amides is 2. The molecule has 2 aromatic carbocycles. The number of urea groups is 1. The van der Waals surface area contributed by atoms with Crippen molar-refractivity contribution in [3.8, 4) is 17.2 Å². The summed E-state index contributed by atoms with van der Waals surface area (Å²) < 4.78 is 18.8. The van der Waals surface area contributed by atoms with E-state index in [1.807, 2.05) is 47.5 Å². The highest BCUT2D eigenvalue weighted by atomic mass is 16.5. The number of benzene rings is 2. The van der Waals surface area contributed by atoms with Crippen molar-refractivity contribution in [1.29, 1.82) is 0 Å². The summed E-state index contributed by atoms with van der Waals surface area (Å²) in [7, 11) is 4.77. The molecule has 0 saturated heterocycles. The Bertz CT molecular complexity index is 1140. The molecule has 1 N–H and O–H groups in total. The smallest absolute Gasteiger partial charge is 0.322 e. The topological polar surface area (TPSA) is 65.0 Å². The summed E-state index contributed by atoms with van der Waals surface area (Å²) in [5.41, 5.74) is 3.95. The molecule has 3 aromatic rings. The van der Waals surface area contributed by atoms with Crippen LogP contribution >= 0.6 is 0 Å². The Hall–Kier alpha value is -3.61. The van der Waals surface area contributed by atoms with Gasteiger partial charge in [0, 0.05) is 30.7 Å². The van der Waals surface area contributed by atoms with E-state index in [-0.39, 0.29) is 17.5 Å². The number of hydrogen-bond donors (Lipinski definition) is 1. The molecule has 0 saturated carbocycles. The lowest BCUT2D eigenvalue weighted by molar-refractivity contribution is 0.181. The Morgan fingerprint density at radius 1 is 0.941 bits per heavy atom. The second-order valence-corrected chi connectivity index (χ2v) is 9.44. The summed E-state index contributed by atoms with van der Waals surface area (Å²) in [6.07, 6.45) is 2.04. The lowest BCUT2D eigenvalue weighted by Gasteiger charge is -2.37. The van der Waals surface area contributed by atoms with E-state index in [1.54, 1.807) is 21.3 Å². The number of aromatic nitrogens is 1. The van der Waals surface area contributed by atoms with Crippen LogP contribution in [0.4, 0.5) is 10.5 Å². The average molecular weight is 464 g/mol. The molecule has 0 bridgehead atoms. The van der Waals surface area contributed by atoms with Crippen molar-refractivity contribution < 1.29 is 19.0 Å². The van der Waals surface area contributed by atoms with Gasteiger partial charge in [0.1, 0.15) is 0 Å². The second-order valence-electron chi connectivity index (χ2n) is 9.44. The van der Waals surface area contributed by atoms with Crippen LogP contribution in [0.2, 0.25) is 0 Å². The van der Waals surface area contributed by atoms with Gasteiger partial charge >= 0.3 is 6.03 Å². The highest BCUT2D eigenvalue weighted by Gasteiger charge is 2.34. The lowest BCUT2D eigenvalue weighted by Crippen LogP contribution is -2.44. The van der Waals surface area contributed by atoms with Gasteiger partial charge in [-0.25, -0.2) is 4.79 Å². The van der Waals surface area contributed by atoms with Gasteiger partial charge in [-0.1, -0.05) is 32.9 Å². The molecule has 0 fully saturated rings. The first-order chi connectivity index (χ1) is 16.3. The molecule has 7 heteroatoms. The van der Waals surface area contributed by atoms with Crippen molar-refractivity contribution in [1.82, 2.24) is 9.47 Å². The quantitative estimate of drug-likeness (QED) is 0.547. The van der Waals surface area contributed by atoms with Crippen molar-refractivity contribution in [3.63, 3.8) is 0 Å². The molecule has 1 aromatic heterocycles. The third kappa shape index (κ3) is 4.42. The molecule has 2 amide bonds. The predicted octanol–water partition coefficient (Wildman–Crippen LogP) is 5.45. The Kier molecular flexibility index (Phi) is 6.46. The van der Waals surface area contributed by atoms with Crippen molar-refractivity contribution in [2.75, 3.05) is 33.2 Å². The van der Waals surface area contributed by atoms with Gasteiger partial charge < -0.3 is 29.0 Å². The lowest BCUT2D eigenvalue weighted by atomic mass is 9.87. The SMILES string of the molecule is COc1cc([C@@H]2c3cccn3CCN2C(=O)Nc2ccc(C(C)(C)C)cc2)cc(OC)c1OC. The Morgan fingerprint density at radius 3 is 2.15 bits per heavy atom. The number of anilines is 1. The van der Waals surface area contributed by atoms with Gasteiger partial charge in [0.25, 0.3) is 0 Å². The van der Waals surface area contributed by atoms with Gasteiger partial charge in [-0.3, -0.25) is 0 Å². The van der Waals surface area contributed by atoms with Gasteiger partial charge in [0.15, 0.2) is 11.5 Å². The Balaban J connectivity index is 1.69. The third-order valence-electron chi connectivity index (χ3n) is 6.30. The number of methoxy groups -OCH3 is 3. The van der Waals surface area contributed by atoms with Crippen LogP contribution in [0.25, 0.3) is 0 Å². The maximum atomic E-state index is 13.5. The number of carbonyl (C=O) groups excluding carboxylic acids is 1. The van der Waals surface area contributed by atoms with E-state index in [9.17, 15) is 4.79 Å². The first-order valence-electron chi connectivity index (χ1n) is 11.4. The summed E-state index contributed by atoms with van der Waals surface area (Å²) in [4.78, 5) is 15.4. The molecule has 1 aliphatic rings. The number of carbonyl (C=O) groups is 1. The van der Waals surface area contributed by atoms with Crippen LogP contribution in [0.5, 0.6) is 17.2 Å². The van der Waals surface area contributed by atoms with Gasteiger partial charge in [-0.05, 0) is 52.9 Å². The molecular weight excluding hydrogens is 430 g/mol. The van der Waals surface area contributed by atoms with E-state index in [1.165, 1.54) is 5.56 Å². The summed E-state index contributed by atoms with van der Waals surface area (Å²) in [6.45, 7) is 7.80. The van der Waals surface area contributed by atoms with Crippen LogP contribution in [-0.4, -0.2) is 43.4 Å². The summed E-state index contributed by atoms with van der Waals surface area (Å²) in [6, 6.07) is 15.4. The van der Waals surface area contributed by atoms with E-state index < -0.39 is 0 Å². The zero-order chi connectivity index (χ0) is 24.5. The Labute approximate surface area is 201 Å². The normalized spacial score (nSPS) is 15.5. The van der Waals surface area contributed by atoms with E-state index in [4.69, 9.17) is 14.2 Å². The van der Waals surface area contributed by atoms with Crippen LogP contribution in [-0.2, 0) is 12.0 Å². The number of ether oxygens (including phenoxy) is 3. The van der Waals surface area contributed by atoms with Gasteiger partial charge in [0.2, 0.25) is 5.75 Å². The molecule has 0 spiro atoms. The van der Waals surface area contributed by atoms with Crippen LogP contribution in [0.3, 0.4) is 0 Å². The van der Waals surface area contributed by atoms with Crippen molar-refractivity contribution in [3.05, 3.63) is 71.5 Å². The highest BCUT2D eigenvalue weighted by molar-refractivity contribution is 5.90. The molecule has 2 heterocycles. The first-order valence-corrected chi connectivity index (χ1v) is 11.4. The van der Waals surface area contributed by atoms with Crippen LogP contribution in [0, 0.1) is 0 Å².